The fraction of sp³-hybridized carbons (Fsp3) is 0.556. The minimum absolute atomic E-state index is 0.713. The highest BCUT2D eigenvalue weighted by atomic mass is 32.2. The first-order valence-corrected chi connectivity index (χ1v) is 6.00. The molecule has 0 fully saturated rings. The van der Waals surface area contributed by atoms with Gasteiger partial charge in [0.2, 0.25) is 0 Å². The van der Waals surface area contributed by atoms with Crippen LogP contribution in [-0.2, 0) is 10.5 Å². The zero-order valence-corrected chi connectivity index (χ0v) is 10.0. The molecule has 1 aromatic rings. The van der Waals surface area contributed by atoms with Gasteiger partial charge in [-0.3, -0.25) is 4.79 Å². The number of carboxylic acid groups (broad SMARTS) is 1. The van der Waals surface area contributed by atoms with Crippen molar-refractivity contribution in [1.82, 2.24) is 4.98 Å². The maximum atomic E-state index is 10.8. The Morgan fingerprint density at radius 3 is 2.79 bits per heavy atom. The lowest BCUT2D eigenvalue weighted by Crippen LogP contribution is -2.27. The zero-order chi connectivity index (χ0) is 10.8. The molecule has 1 heterocycles. The second kappa shape index (κ2) is 4.31. The molecule has 0 aliphatic heterocycles. The number of rotatable bonds is 4. The van der Waals surface area contributed by atoms with Crippen LogP contribution in [0.3, 0.4) is 0 Å². The molecule has 0 saturated heterocycles. The van der Waals surface area contributed by atoms with Gasteiger partial charge in [0.1, 0.15) is 4.75 Å². The molecule has 0 bridgehead atoms. The molecule has 1 N–H and O–H groups in total. The molecule has 0 amide bonds. The van der Waals surface area contributed by atoms with Crippen LogP contribution in [0.4, 0.5) is 0 Å². The van der Waals surface area contributed by atoms with Crippen LogP contribution < -0.4 is 0 Å². The zero-order valence-electron chi connectivity index (χ0n) is 8.40. The average molecular weight is 231 g/mol. The van der Waals surface area contributed by atoms with Crippen LogP contribution in [0.25, 0.3) is 0 Å². The summed E-state index contributed by atoms with van der Waals surface area (Å²) in [6.07, 6.45) is 1.81. The van der Waals surface area contributed by atoms with Crippen LogP contribution in [0.2, 0.25) is 0 Å². The van der Waals surface area contributed by atoms with Crippen molar-refractivity contribution >= 4 is 29.1 Å². The average Bonchev–Trinajstić information content (AvgIpc) is 2.48. The van der Waals surface area contributed by atoms with Crippen LogP contribution in [0.1, 0.15) is 23.7 Å². The number of aliphatic carboxylic acids is 1. The fourth-order valence-electron chi connectivity index (χ4n) is 0.785. The molecule has 1 rings (SSSR count). The molecule has 78 valence electrons. The van der Waals surface area contributed by atoms with Crippen LogP contribution >= 0.6 is 23.1 Å². The Kier molecular flexibility index (Phi) is 3.55. The number of aryl methyl sites for hydroxylation is 1. The third-order valence-corrected chi connectivity index (χ3v) is 4.21. The van der Waals surface area contributed by atoms with E-state index in [-0.39, 0.29) is 0 Å². The third kappa shape index (κ3) is 2.99. The predicted octanol–water partition coefficient (Wildman–Crippen LogP) is 2.55. The minimum Gasteiger partial charge on any atom is -0.480 e. The number of carboxylic acids is 1. The lowest BCUT2D eigenvalue weighted by molar-refractivity contribution is -0.138. The normalized spacial score (nSPS) is 11.6. The summed E-state index contributed by atoms with van der Waals surface area (Å²) in [5.74, 6) is -0.0612. The van der Waals surface area contributed by atoms with Crippen LogP contribution in [0, 0.1) is 6.92 Å². The van der Waals surface area contributed by atoms with Gasteiger partial charge in [-0.05, 0) is 20.8 Å². The first-order valence-electron chi connectivity index (χ1n) is 4.20. The highest BCUT2D eigenvalue weighted by molar-refractivity contribution is 8.00. The summed E-state index contributed by atoms with van der Waals surface area (Å²) >= 11 is 3.04. The molecule has 14 heavy (non-hydrogen) atoms. The van der Waals surface area contributed by atoms with Crippen molar-refractivity contribution < 1.29 is 9.90 Å². The maximum Gasteiger partial charge on any atom is 0.319 e. The topological polar surface area (TPSA) is 50.2 Å². The summed E-state index contributed by atoms with van der Waals surface area (Å²) in [4.78, 5) is 16.1. The highest BCUT2D eigenvalue weighted by Gasteiger charge is 2.27. The van der Waals surface area contributed by atoms with E-state index in [9.17, 15) is 4.79 Å². The highest BCUT2D eigenvalue weighted by Crippen LogP contribution is 2.29. The summed E-state index contributed by atoms with van der Waals surface area (Å²) in [5.41, 5.74) is 0. The molecule has 0 atom stereocenters. The van der Waals surface area contributed by atoms with Gasteiger partial charge in [-0.2, -0.15) is 0 Å². The maximum absolute atomic E-state index is 10.8. The number of thioether (sulfide) groups is 1. The van der Waals surface area contributed by atoms with E-state index in [4.69, 9.17) is 5.11 Å². The van der Waals surface area contributed by atoms with Crippen molar-refractivity contribution in [2.75, 3.05) is 0 Å². The standard InChI is InChI=1S/C9H13NO2S2/c1-6-10-4-7(14-6)5-13-9(2,3)8(11)12/h4H,5H2,1-3H3,(H,11,12). The molecule has 0 aromatic carbocycles. The van der Waals surface area contributed by atoms with Crippen molar-refractivity contribution in [1.29, 1.82) is 0 Å². The quantitative estimate of drug-likeness (QED) is 0.865. The van der Waals surface area contributed by atoms with Crippen LogP contribution in [0.5, 0.6) is 0 Å². The number of thiazole rings is 1. The first kappa shape index (κ1) is 11.5. The minimum atomic E-state index is -0.774. The summed E-state index contributed by atoms with van der Waals surface area (Å²) < 4.78 is -0.724. The second-order valence-corrected chi connectivity index (χ2v) is 6.37. The lowest BCUT2D eigenvalue weighted by atomic mass is 10.2. The van der Waals surface area contributed by atoms with Gasteiger partial charge in [0.05, 0.1) is 5.01 Å². The fourth-order valence-corrected chi connectivity index (χ4v) is 2.49. The Balaban J connectivity index is 2.52. The van der Waals surface area contributed by atoms with E-state index in [2.05, 4.69) is 4.98 Å². The van der Waals surface area contributed by atoms with Gasteiger partial charge in [-0.1, -0.05) is 0 Å². The predicted molar refractivity (Wildman–Crippen MR) is 59.9 cm³/mol. The van der Waals surface area contributed by atoms with Gasteiger partial charge in [0.25, 0.3) is 0 Å². The Bertz CT molecular complexity index is 333. The number of nitrogens with zero attached hydrogens (tertiary/aromatic N) is 1. The number of hydrogen-bond acceptors (Lipinski definition) is 4. The van der Waals surface area contributed by atoms with Crippen molar-refractivity contribution in [3.63, 3.8) is 0 Å². The number of carbonyl (C=O) groups is 1. The van der Waals surface area contributed by atoms with Gasteiger partial charge in [0, 0.05) is 16.8 Å². The van der Waals surface area contributed by atoms with E-state index in [0.29, 0.717) is 5.75 Å². The molecule has 0 spiro atoms. The van der Waals surface area contributed by atoms with Gasteiger partial charge in [0.15, 0.2) is 0 Å². The second-order valence-electron chi connectivity index (χ2n) is 3.45. The molecule has 5 heteroatoms. The van der Waals surface area contributed by atoms with Crippen molar-refractivity contribution in [2.24, 2.45) is 0 Å². The van der Waals surface area contributed by atoms with Gasteiger partial charge in [-0.25, -0.2) is 4.98 Å². The smallest absolute Gasteiger partial charge is 0.319 e. The number of hydrogen-bond donors (Lipinski definition) is 1. The van der Waals surface area contributed by atoms with Gasteiger partial charge >= 0.3 is 5.97 Å². The molecular weight excluding hydrogens is 218 g/mol. The van der Waals surface area contributed by atoms with Crippen molar-refractivity contribution in [3.8, 4) is 0 Å². The molecule has 0 radical (unpaired) electrons. The first-order chi connectivity index (χ1) is 6.42. The Hall–Kier alpha value is -0.550. The molecule has 0 aliphatic rings. The van der Waals surface area contributed by atoms with E-state index >= 15 is 0 Å². The Morgan fingerprint density at radius 2 is 2.36 bits per heavy atom. The third-order valence-electron chi connectivity index (χ3n) is 1.76. The molecule has 1 aromatic heterocycles. The van der Waals surface area contributed by atoms with Crippen molar-refractivity contribution in [2.45, 2.75) is 31.3 Å². The SMILES string of the molecule is Cc1ncc(CSC(C)(C)C(=O)O)s1. The van der Waals surface area contributed by atoms with E-state index < -0.39 is 10.7 Å². The van der Waals surface area contributed by atoms with Gasteiger partial charge in [-0.15, -0.1) is 23.1 Å². The summed E-state index contributed by atoms with van der Waals surface area (Å²) in [7, 11) is 0. The molecule has 0 aliphatic carbocycles. The van der Waals surface area contributed by atoms with E-state index in [1.807, 2.05) is 13.1 Å². The summed E-state index contributed by atoms with van der Waals surface area (Å²) in [6, 6.07) is 0. The van der Waals surface area contributed by atoms with E-state index in [0.717, 1.165) is 9.88 Å². The monoisotopic (exact) mass is 231 g/mol. The van der Waals surface area contributed by atoms with Gasteiger partial charge < -0.3 is 5.11 Å². The van der Waals surface area contributed by atoms with E-state index in [1.165, 1.54) is 11.8 Å². The summed E-state index contributed by atoms with van der Waals surface area (Å²) in [6.45, 7) is 5.38. The molecule has 3 nitrogen and oxygen atoms in total. The van der Waals surface area contributed by atoms with E-state index in [1.54, 1.807) is 25.2 Å². The molecule has 0 unspecified atom stereocenters. The number of aromatic nitrogens is 1. The Labute approximate surface area is 91.6 Å². The molecule has 0 saturated carbocycles. The summed E-state index contributed by atoms with van der Waals surface area (Å²) in [5, 5.41) is 9.91. The molecular formula is C9H13NO2S2. The van der Waals surface area contributed by atoms with Crippen molar-refractivity contribution in [3.05, 3.63) is 16.1 Å². The van der Waals surface area contributed by atoms with Crippen LogP contribution in [-0.4, -0.2) is 20.8 Å². The van der Waals surface area contributed by atoms with Crippen LogP contribution in [0.15, 0.2) is 6.20 Å². The Morgan fingerprint density at radius 1 is 1.71 bits per heavy atom. The largest absolute Gasteiger partial charge is 0.480 e. The lowest BCUT2D eigenvalue weighted by Gasteiger charge is -2.17.